The van der Waals surface area contributed by atoms with Gasteiger partial charge in [-0.2, -0.15) is 0 Å². The van der Waals surface area contributed by atoms with Crippen LogP contribution in [0.3, 0.4) is 0 Å². The first-order valence-electron chi connectivity index (χ1n) is 7.06. The molecule has 0 saturated carbocycles. The summed E-state index contributed by atoms with van der Waals surface area (Å²) in [5.41, 5.74) is 1.47. The van der Waals surface area contributed by atoms with E-state index in [0.717, 1.165) is 0 Å². The van der Waals surface area contributed by atoms with Crippen molar-refractivity contribution >= 4 is 69.8 Å². The number of carbonyl (C=O) groups excluding carboxylic acids is 1. The van der Waals surface area contributed by atoms with Gasteiger partial charge in [0, 0.05) is 15.6 Å². The molecule has 0 aliphatic carbocycles. The number of ether oxygens (including phenoxy) is 1. The summed E-state index contributed by atoms with van der Waals surface area (Å²) in [7, 11) is 1.49. The Morgan fingerprint density at radius 2 is 1.80 bits per heavy atom. The van der Waals surface area contributed by atoms with Crippen LogP contribution < -0.4 is 15.0 Å². The molecule has 0 spiro atoms. The van der Waals surface area contributed by atoms with Crippen molar-refractivity contribution in [1.29, 1.82) is 0 Å². The topological polar surface area (TPSA) is 41.6 Å². The standard InChI is InChI=1S/C17H11Cl3N2O2S/c1-24-15-9(6-11(19)8-13(15)20)7-14-16(23)22(17(25)21-14)12-4-2-10(18)3-5-12/h2-8H,1H3,(H,21,25). The molecule has 128 valence electrons. The molecule has 0 bridgehead atoms. The normalized spacial score (nSPS) is 15.7. The molecule has 1 N–H and O–H groups in total. The van der Waals surface area contributed by atoms with Crippen LogP contribution in [0.15, 0.2) is 42.1 Å². The maximum absolute atomic E-state index is 12.7. The quantitative estimate of drug-likeness (QED) is 0.573. The van der Waals surface area contributed by atoms with Crippen molar-refractivity contribution in [3.05, 3.63) is 62.7 Å². The summed E-state index contributed by atoms with van der Waals surface area (Å²) in [6.45, 7) is 0. The highest BCUT2D eigenvalue weighted by Crippen LogP contribution is 2.34. The van der Waals surface area contributed by atoms with Gasteiger partial charge in [-0.15, -0.1) is 0 Å². The number of anilines is 1. The van der Waals surface area contributed by atoms with Gasteiger partial charge in [0.25, 0.3) is 5.91 Å². The third-order valence-electron chi connectivity index (χ3n) is 3.50. The van der Waals surface area contributed by atoms with Crippen molar-refractivity contribution in [3.63, 3.8) is 0 Å². The number of benzene rings is 2. The van der Waals surface area contributed by atoms with Gasteiger partial charge in [0.1, 0.15) is 11.4 Å². The van der Waals surface area contributed by atoms with Crippen molar-refractivity contribution in [3.8, 4) is 5.75 Å². The van der Waals surface area contributed by atoms with Crippen LogP contribution in [-0.4, -0.2) is 18.1 Å². The zero-order chi connectivity index (χ0) is 18.1. The molecule has 0 atom stereocenters. The minimum atomic E-state index is -0.300. The van der Waals surface area contributed by atoms with E-state index in [1.165, 1.54) is 12.0 Å². The number of hydrogen-bond acceptors (Lipinski definition) is 3. The number of nitrogens with zero attached hydrogens (tertiary/aromatic N) is 1. The first-order valence-corrected chi connectivity index (χ1v) is 8.60. The largest absolute Gasteiger partial charge is 0.495 e. The number of methoxy groups -OCH3 is 1. The van der Waals surface area contributed by atoms with Crippen molar-refractivity contribution in [1.82, 2.24) is 5.32 Å². The van der Waals surface area contributed by atoms with Gasteiger partial charge >= 0.3 is 0 Å². The lowest BCUT2D eigenvalue weighted by molar-refractivity contribution is -0.113. The molecule has 0 radical (unpaired) electrons. The van der Waals surface area contributed by atoms with Gasteiger partial charge in [-0.1, -0.05) is 34.8 Å². The van der Waals surface area contributed by atoms with E-state index in [0.29, 0.717) is 32.1 Å². The van der Waals surface area contributed by atoms with Gasteiger partial charge in [0.05, 0.1) is 17.8 Å². The van der Waals surface area contributed by atoms with Crippen LogP contribution >= 0.6 is 47.0 Å². The summed E-state index contributed by atoms with van der Waals surface area (Å²) < 4.78 is 5.29. The van der Waals surface area contributed by atoms with Crippen molar-refractivity contribution in [2.75, 3.05) is 12.0 Å². The summed E-state index contributed by atoms with van der Waals surface area (Å²) in [6, 6.07) is 10.0. The predicted octanol–water partition coefficient (Wildman–Crippen LogP) is 4.92. The lowest BCUT2D eigenvalue weighted by atomic mass is 10.1. The SMILES string of the molecule is COc1c(Cl)cc(Cl)cc1C=C1NC(=S)N(c2ccc(Cl)cc2)C1=O. The molecular formula is C17H11Cl3N2O2S. The van der Waals surface area contributed by atoms with Gasteiger partial charge in [-0.3, -0.25) is 9.69 Å². The molecule has 8 heteroatoms. The second-order valence-corrected chi connectivity index (χ2v) is 6.78. The highest BCUT2D eigenvalue weighted by molar-refractivity contribution is 7.80. The fourth-order valence-electron chi connectivity index (χ4n) is 2.42. The molecule has 4 nitrogen and oxygen atoms in total. The lowest BCUT2D eigenvalue weighted by Crippen LogP contribution is -2.30. The van der Waals surface area contributed by atoms with E-state index in [9.17, 15) is 4.79 Å². The second-order valence-electron chi connectivity index (χ2n) is 5.12. The van der Waals surface area contributed by atoms with Crippen LogP contribution in [0.5, 0.6) is 5.75 Å². The maximum Gasteiger partial charge on any atom is 0.281 e. The Bertz CT molecular complexity index is 898. The van der Waals surface area contributed by atoms with Gasteiger partial charge in [0.15, 0.2) is 5.11 Å². The molecule has 0 aromatic heterocycles. The summed E-state index contributed by atoms with van der Waals surface area (Å²) in [6.07, 6.45) is 1.60. The van der Waals surface area contributed by atoms with E-state index < -0.39 is 0 Å². The Morgan fingerprint density at radius 1 is 1.12 bits per heavy atom. The molecule has 25 heavy (non-hydrogen) atoms. The molecule has 2 aromatic carbocycles. The van der Waals surface area contributed by atoms with Gasteiger partial charge in [0.2, 0.25) is 0 Å². The highest BCUT2D eigenvalue weighted by Gasteiger charge is 2.32. The number of halogens is 3. The summed E-state index contributed by atoms with van der Waals surface area (Å²) in [5, 5.41) is 4.52. The maximum atomic E-state index is 12.7. The van der Waals surface area contributed by atoms with E-state index in [4.69, 9.17) is 51.8 Å². The van der Waals surface area contributed by atoms with Crippen molar-refractivity contribution in [2.24, 2.45) is 0 Å². The summed E-state index contributed by atoms with van der Waals surface area (Å²) in [4.78, 5) is 14.1. The molecule has 1 aliphatic rings. The Morgan fingerprint density at radius 3 is 2.44 bits per heavy atom. The first-order chi connectivity index (χ1) is 11.9. The van der Waals surface area contributed by atoms with Crippen LogP contribution in [-0.2, 0) is 4.79 Å². The molecular weight excluding hydrogens is 403 g/mol. The van der Waals surface area contributed by atoms with Crippen LogP contribution in [0.1, 0.15) is 5.56 Å². The molecule has 0 unspecified atom stereocenters. The number of nitrogens with one attached hydrogen (secondary N) is 1. The number of hydrogen-bond donors (Lipinski definition) is 1. The van der Waals surface area contributed by atoms with E-state index in [1.807, 2.05) is 0 Å². The summed E-state index contributed by atoms with van der Waals surface area (Å²) >= 11 is 23.3. The number of amides is 1. The Hall–Kier alpha value is -1.79. The van der Waals surface area contributed by atoms with E-state index in [1.54, 1.807) is 42.5 Å². The Balaban J connectivity index is 2.00. The molecule has 1 amide bonds. The molecule has 1 saturated heterocycles. The van der Waals surface area contributed by atoms with E-state index in [2.05, 4.69) is 5.32 Å². The Kier molecular flexibility index (Phi) is 5.20. The van der Waals surface area contributed by atoms with Crippen LogP contribution in [0, 0.1) is 0 Å². The van der Waals surface area contributed by atoms with Gasteiger partial charge in [-0.05, 0) is 54.7 Å². The molecule has 3 rings (SSSR count). The van der Waals surface area contributed by atoms with Crippen molar-refractivity contribution < 1.29 is 9.53 Å². The minimum absolute atomic E-state index is 0.269. The summed E-state index contributed by atoms with van der Waals surface area (Å²) in [5.74, 6) is 0.120. The third kappa shape index (κ3) is 3.60. The number of carbonyl (C=O) groups is 1. The fourth-order valence-corrected chi connectivity index (χ4v) is 3.43. The van der Waals surface area contributed by atoms with Crippen LogP contribution in [0.25, 0.3) is 6.08 Å². The molecule has 1 fully saturated rings. The van der Waals surface area contributed by atoms with Crippen LogP contribution in [0.4, 0.5) is 5.69 Å². The van der Waals surface area contributed by atoms with E-state index >= 15 is 0 Å². The third-order valence-corrected chi connectivity index (χ3v) is 4.54. The van der Waals surface area contributed by atoms with Crippen molar-refractivity contribution in [2.45, 2.75) is 0 Å². The first kappa shape index (κ1) is 18.0. The predicted molar refractivity (Wildman–Crippen MR) is 106 cm³/mol. The molecule has 1 aliphatic heterocycles. The average Bonchev–Trinajstić information content (AvgIpc) is 2.82. The lowest BCUT2D eigenvalue weighted by Gasteiger charge is -2.13. The minimum Gasteiger partial charge on any atom is -0.495 e. The van der Waals surface area contributed by atoms with Crippen LogP contribution in [0.2, 0.25) is 15.1 Å². The zero-order valence-electron chi connectivity index (χ0n) is 12.8. The molecule has 1 heterocycles. The van der Waals surface area contributed by atoms with Gasteiger partial charge in [-0.25, -0.2) is 0 Å². The number of rotatable bonds is 3. The zero-order valence-corrected chi connectivity index (χ0v) is 15.9. The average molecular weight is 414 g/mol. The Labute approximate surface area is 164 Å². The molecule has 2 aromatic rings. The monoisotopic (exact) mass is 412 g/mol. The fraction of sp³-hybridized carbons (Fsp3) is 0.0588. The second kappa shape index (κ2) is 7.22. The van der Waals surface area contributed by atoms with E-state index in [-0.39, 0.29) is 16.7 Å². The number of thiocarbonyl (C=S) groups is 1. The van der Waals surface area contributed by atoms with Gasteiger partial charge < -0.3 is 10.1 Å². The highest BCUT2D eigenvalue weighted by atomic mass is 35.5. The smallest absolute Gasteiger partial charge is 0.281 e.